The smallest absolute Gasteiger partial charge is 0.0443 e. The van der Waals surface area contributed by atoms with Gasteiger partial charge in [-0.05, 0) is 23.9 Å². The SMILES string of the molecule is CCN(C)c1ccc(CN)c2ccccc12. The van der Waals surface area contributed by atoms with Crippen molar-refractivity contribution in [3.63, 3.8) is 0 Å². The summed E-state index contributed by atoms with van der Waals surface area (Å²) in [5, 5.41) is 2.55. The van der Waals surface area contributed by atoms with Gasteiger partial charge in [0.25, 0.3) is 0 Å². The van der Waals surface area contributed by atoms with Crippen LogP contribution >= 0.6 is 0 Å². The fraction of sp³-hybridized carbons (Fsp3) is 0.286. The number of nitrogens with two attached hydrogens (primary N) is 1. The van der Waals surface area contributed by atoms with Gasteiger partial charge in [0.2, 0.25) is 0 Å². The van der Waals surface area contributed by atoms with Crippen LogP contribution in [0, 0.1) is 0 Å². The van der Waals surface area contributed by atoms with E-state index in [9.17, 15) is 0 Å². The van der Waals surface area contributed by atoms with Crippen molar-refractivity contribution >= 4 is 16.5 Å². The van der Waals surface area contributed by atoms with E-state index in [1.807, 2.05) is 0 Å². The summed E-state index contributed by atoms with van der Waals surface area (Å²) in [5.41, 5.74) is 8.25. The summed E-state index contributed by atoms with van der Waals surface area (Å²) in [5.74, 6) is 0. The van der Waals surface area contributed by atoms with Crippen LogP contribution in [0.1, 0.15) is 12.5 Å². The van der Waals surface area contributed by atoms with Gasteiger partial charge in [-0.1, -0.05) is 30.3 Å². The van der Waals surface area contributed by atoms with Crippen molar-refractivity contribution in [3.05, 3.63) is 42.0 Å². The summed E-state index contributed by atoms with van der Waals surface area (Å²) >= 11 is 0. The van der Waals surface area contributed by atoms with Crippen LogP contribution in [0.25, 0.3) is 10.8 Å². The Labute approximate surface area is 96.7 Å². The Hall–Kier alpha value is -1.54. The maximum Gasteiger partial charge on any atom is 0.0443 e. The standard InChI is InChI=1S/C14H18N2/c1-3-16(2)14-9-8-11(10-15)12-6-4-5-7-13(12)14/h4-9H,3,10,15H2,1-2H3. The molecule has 0 unspecified atom stereocenters. The third-order valence-electron chi connectivity index (χ3n) is 3.10. The van der Waals surface area contributed by atoms with E-state index in [2.05, 4.69) is 55.3 Å². The molecule has 2 N–H and O–H groups in total. The molecule has 0 heterocycles. The van der Waals surface area contributed by atoms with E-state index in [0.717, 1.165) is 6.54 Å². The normalized spacial score (nSPS) is 10.7. The average molecular weight is 214 g/mol. The summed E-state index contributed by atoms with van der Waals surface area (Å²) < 4.78 is 0. The average Bonchev–Trinajstić information content (AvgIpc) is 2.36. The summed E-state index contributed by atoms with van der Waals surface area (Å²) in [6, 6.07) is 12.7. The topological polar surface area (TPSA) is 29.3 Å². The first-order valence-corrected chi connectivity index (χ1v) is 5.69. The molecule has 16 heavy (non-hydrogen) atoms. The molecule has 0 fully saturated rings. The number of fused-ring (bicyclic) bond motifs is 1. The van der Waals surface area contributed by atoms with E-state index in [1.165, 1.54) is 22.0 Å². The van der Waals surface area contributed by atoms with Gasteiger partial charge in [-0.3, -0.25) is 0 Å². The van der Waals surface area contributed by atoms with Crippen molar-refractivity contribution in [1.29, 1.82) is 0 Å². The van der Waals surface area contributed by atoms with Crippen molar-refractivity contribution in [3.8, 4) is 0 Å². The number of nitrogens with zero attached hydrogens (tertiary/aromatic N) is 1. The molecule has 0 aromatic heterocycles. The zero-order valence-corrected chi connectivity index (χ0v) is 9.90. The van der Waals surface area contributed by atoms with Crippen molar-refractivity contribution in [2.45, 2.75) is 13.5 Å². The predicted molar refractivity (Wildman–Crippen MR) is 70.8 cm³/mol. The molecule has 2 aromatic rings. The van der Waals surface area contributed by atoms with Gasteiger partial charge in [0.05, 0.1) is 0 Å². The minimum atomic E-state index is 0.594. The van der Waals surface area contributed by atoms with Gasteiger partial charge in [-0.25, -0.2) is 0 Å². The fourth-order valence-corrected chi connectivity index (χ4v) is 2.03. The summed E-state index contributed by atoms with van der Waals surface area (Å²) in [6.45, 7) is 3.76. The number of hydrogen-bond donors (Lipinski definition) is 1. The highest BCUT2D eigenvalue weighted by molar-refractivity contribution is 5.96. The number of rotatable bonds is 3. The van der Waals surface area contributed by atoms with Crippen LogP contribution in [0.15, 0.2) is 36.4 Å². The lowest BCUT2D eigenvalue weighted by molar-refractivity contribution is 0.972. The van der Waals surface area contributed by atoms with E-state index in [1.54, 1.807) is 0 Å². The monoisotopic (exact) mass is 214 g/mol. The second-order valence-corrected chi connectivity index (χ2v) is 4.01. The first kappa shape index (κ1) is 11.0. The molecule has 2 rings (SSSR count). The molecule has 84 valence electrons. The van der Waals surface area contributed by atoms with Crippen LogP contribution < -0.4 is 10.6 Å². The van der Waals surface area contributed by atoms with Gasteiger partial charge in [0.1, 0.15) is 0 Å². The number of benzene rings is 2. The van der Waals surface area contributed by atoms with Crippen LogP contribution in [-0.2, 0) is 6.54 Å². The van der Waals surface area contributed by atoms with Crippen molar-refractivity contribution < 1.29 is 0 Å². The van der Waals surface area contributed by atoms with E-state index in [4.69, 9.17) is 5.73 Å². The first-order chi connectivity index (χ1) is 7.77. The molecule has 0 amide bonds. The summed E-state index contributed by atoms with van der Waals surface area (Å²) in [4.78, 5) is 2.25. The summed E-state index contributed by atoms with van der Waals surface area (Å²) in [7, 11) is 2.11. The molecule has 0 bridgehead atoms. The number of anilines is 1. The van der Waals surface area contributed by atoms with Crippen LogP contribution in [0.4, 0.5) is 5.69 Å². The molecule has 2 heteroatoms. The molecule has 0 aliphatic heterocycles. The lowest BCUT2D eigenvalue weighted by Gasteiger charge is -2.20. The van der Waals surface area contributed by atoms with Crippen molar-refractivity contribution in [1.82, 2.24) is 0 Å². The van der Waals surface area contributed by atoms with E-state index in [-0.39, 0.29) is 0 Å². The van der Waals surface area contributed by atoms with Crippen LogP contribution in [0.3, 0.4) is 0 Å². The summed E-state index contributed by atoms with van der Waals surface area (Å²) in [6.07, 6.45) is 0. The van der Waals surface area contributed by atoms with Gasteiger partial charge in [-0.15, -0.1) is 0 Å². The van der Waals surface area contributed by atoms with Crippen molar-refractivity contribution in [2.75, 3.05) is 18.5 Å². The van der Waals surface area contributed by atoms with Gasteiger partial charge < -0.3 is 10.6 Å². The quantitative estimate of drug-likeness (QED) is 0.851. The highest BCUT2D eigenvalue weighted by atomic mass is 15.1. The Morgan fingerprint density at radius 1 is 1.06 bits per heavy atom. The molecule has 0 atom stereocenters. The van der Waals surface area contributed by atoms with Gasteiger partial charge >= 0.3 is 0 Å². The van der Waals surface area contributed by atoms with E-state index >= 15 is 0 Å². The second kappa shape index (κ2) is 4.54. The molecular weight excluding hydrogens is 196 g/mol. The van der Waals surface area contributed by atoms with Gasteiger partial charge in [0.15, 0.2) is 0 Å². The van der Waals surface area contributed by atoms with Gasteiger partial charge in [-0.2, -0.15) is 0 Å². The maximum absolute atomic E-state index is 5.76. The van der Waals surface area contributed by atoms with Crippen LogP contribution in [-0.4, -0.2) is 13.6 Å². The highest BCUT2D eigenvalue weighted by Gasteiger charge is 2.06. The van der Waals surface area contributed by atoms with E-state index < -0.39 is 0 Å². The molecule has 0 aliphatic rings. The Balaban J connectivity index is 2.69. The molecule has 0 saturated heterocycles. The Kier molecular flexibility index (Phi) is 3.11. The lowest BCUT2D eigenvalue weighted by atomic mass is 10.0. The second-order valence-electron chi connectivity index (χ2n) is 4.01. The van der Waals surface area contributed by atoms with Crippen LogP contribution in [0.5, 0.6) is 0 Å². The third-order valence-corrected chi connectivity index (χ3v) is 3.10. The van der Waals surface area contributed by atoms with Gasteiger partial charge in [0, 0.05) is 31.2 Å². The maximum atomic E-state index is 5.76. The molecule has 2 aromatic carbocycles. The lowest BCUT2D eigenvalue weighted by Crippen LogP contribution is -2.16. The van der Waals surface area contributed by atoms with Crippen LogP contribution in [0.2, 0.25) is 0 Å². The zero-order chi connectivity index (χ0) is 11.5. The molecule has 0 radical (unpaired) electrons. The minimum Gasteiger partial charge on any atom is -0.374 e. The molecule has 0 aliphatic carbocycles. The molecule has 2 nitrogen and oxygen atoms in total. The largest absolute Gasteiger partial charge is 0.374 e. The van der Waals surface area contributed by atoms with E-state index in [0.29, 0.717) is 6.54 Å². The predicted octanol–water partition coefficient (Wildman–Crippen LogP) is 2.75. The Bertz CT molecular complexity index is 491. The highest BCUT2D eigenvalue weighted by Crippen LogP contribution is 2.28. The van der Waals surface area contributed by atoms with Crippen molar-refractivity contribution in [2.24, 2.45) is 5.73 Å². The molecular formula is C14H18N2. The Morgan fingerprint density at radius 3 is 2.38 bits per heavy atom. The first-order valence-electron chi connectivity index (χ1n) is 5.69. The zero-order valence-electron chi connectivity index (χ0n) is 9.90. The fourth-order valence-electron chi connectivity index (χ4n) is 2.03. The minimum absolute atomic E-state index is 0.594. The number of hydrogen-bond acceptors (Lipinski definition) is 2. The Morgan fingerprint density at radius 2 is 1.75 bits per heavy atom. The molecule has 0 saturated carbocycles. The molecule has 0 spiro atoms. The third kappa shape index (κ3) is 1.76.